The zero-order chi connectivity index (χ0) is 16.1. The van der Waals surface area contributed by atoms with Crippen LogP contribution in [0.2, 0.25) is 0 Å². The molecule has 3 N–H and O–H groups in total. The lowest BCUT2D eigenvalue weighted by molar-refractivity contribution is -0.122. The number of nitrogens with zero attached hydrogens (tertiary/aromatic N) is 2. The number of nitrogens with one attached hydrogen (secondary N) is 3. The normalized spacial score (nSPS) is 17.9. The molecule has 8 heteroatoms. The van der Waals surface area contributed by atoms with Gasteiger partial charge in [-0.2, -0.15) is 9.36 Å². The number of carbonyl (C=O) groups excluding carboxylic acids is 2. The van der Waals surface area contributed by atoms with Gasteiger partial charge in [-0.25, -0.2) is 4.79 Å². The van der Waals surface area contributed by atoms with E-state index >= 15 is 0 Å². The maximum atomic E-state index is 12.0. The van der Waals surface area contributed by atoms with E-state index in [2.05, 4.69) is 25.3 Å². The smallest absolute Gasteiger partial charge is 0.321 e. The predicted molar refractivity (Wildman–Crippen MR) is 88.1 cm³/mol. The number of hydrogen-bond donors (Lipinski definition) is 3. The fourth-order valence-corrected chi connectivity index (χ4v) is 2.93. The standard InChI is InChI=1S/C15H17N5O2S/c21-13-11(8-4-5-9-16-13)17-14(22)19-15-18-12(20-23-15)10-6-2-1-3-7-10/h1-3,6-7,11H,4-5,8-9H2,(H,16,21)(H2,17,18,19,20,22). The minimum Gasteiger partial charge on any atom is -0.354 e. The first-order chi connectivity index (χ1) is 11.2. The van der Waals surface area contributed by atoms with Gasteiger partial charge in [0.15, 0.2) is 5.82 Å². The molecule has 1 aromatic carbocycles. The lowest BCUT2D eigenvalue weighted by Gasteiger charge is -2.14. The Morgan fingerprint density at radius 3 is 2.91 bits per heavy atom. The second kappa shape index (κ2) is 7.19. The third kappa shape index (κ3) is 4.04. The molecule has 1 atom stereocenters. The SMILES string of the molecule is O=C(Nc1nc(-c2ccccc2)ns1)NC1CCCCNC1=O. The summed E-state index contributed by atoms with van der Waals surface area (Å²) >= 11 is 1.11. The fraction of sp³-hybridized carbons (Fsp3) is 0.333. The molecule has 1 fully saturated rings. The van der Waals surface area contributed by atoms with E-state index in [1.54, 1.807) is 0 Å². The van der Waals surface area contributed by atoms with Crippen molar-refractivity contribution >= 4 is 28.6 Å². The molecule has 2 aromatic rings. The largest absolute Gasteiger partial charge is 0.354 e. The van der Waals surface area contributed by atoms with Crippen LogP contribution < -0.4 is 16.0 Å². The molecule has 1 aromatic heterocycles. The van der Waals surface area contributed by atoms with Crippen LogP contribution in [0.25, 0.3) is 11.4 Å². The molecule has 0 saturated carbocycles. The topological polar surface area (TPSA) is 96.0 Å². The van der Waals surface area contributed by atoms with Gasteiger partial charge in [-0.1, -0.05) is 30.3 Å². The van der Waals surface area contributed by atoms with Crippen molar-refractivity contribution in [2.24, 2.45) is 0 Å². The van der Waals surface area contributed by atoms with Gasteiger partial charge < -0.3 is 10.6 Å². The maximum absolute atomic E-state index is 12.0. The van der Waals surface area contributed by atoms with Gasteiger partial charge in [0.1, 0.15) is 6.04 Å². The first-order valence-electron chi connectivity index (χ1n) is 7.47. The average Bonchev–Trinajstić information content (AvgIpc) is 2.93. The monoisotopic (exact) mass is 331 g/mol. The zero-order valence-corrected chi connectivity index (χ0v) is 13.2. The molecule has 1 saturated heterocycles. The third-order valence-corrected chi connectivity index (χ3v) is 4.15. The number of rotatable bonds is 3. The molecule has 0 radical (unpaired) electrons. The van der Waals surface area contributed by atoms with Crippen LogP contribution in [-0.2, 0) is 4.79 Å². The molecular formula is C15H17N5O2S. The predicted octanol–water partition coefficient (Wildman–Crippen LogP) is 2.00. The summed E-state index contributed by atoms with van der Waals surface area (Å²) in [4.78, 5) is 28.1. The highest BCUT2D eigenvalue weighted by atomic mass is 32.1. The summed E-state index contributed by atoms with van der Waals surface area (Å²) < 4.78 is 4.23. The van der Waals surface area contributed by atoms with Crippen LogP contribution in [0, 0.1) is 0 Å². The minimum absolute atomic E-state index is 0.139. The van der Waals surface area contributed by atoms with Crippen LogP contribution in [-0.4, -0.2) is 33.9 Å². The summed E-state index contributed by atoms with van der Waals surface area (Å²) in [6.45, 7) is 0.662. The number of carbonyl (C=O) groups is 2. The average molecular weight is 331 g/mol. The highest BCUT2D eigenvalue weighted by molar-refractivity contribution is 7.10. The van der Waals surface area contributed by atoms with Crippen molar-refractivity contribution in [3.63, 3.8) is 0 Å². The van der Waals surface area contributed by atoms with Crippen LogP contribution in [0.3, 0.4) is 0 Å². The molecule has 1 unspecified atom stereocenters. The van der Waals surface area contributed by atoms with Crippen molar-refractivity contribution in [3.8, 4) is 11.4 Å². The fourth-order valence-electron chi connectivity index (χ4n) is 2.35. The molecule has 7 nitrogen and oxygen atoms in total. The molecule has 3 rings (SSSR count). The first-order valence-corrected chi connectivity index (χ1v) is 8.24. The Morgan fingerprint density at radius 1 is 1.26 bits per heavy atom. The second-order valence-corrected chi connectivity index (χ2v) is 5.98. The number of urea groups is 1. The molecule has 1 aliphatic rings. The summed E-state index contributed by atoms with van der Waals surface area (Å²) in [5, 5.41) is 8.50. The highest BCUT2D eigenvalue weighted by Gasteiger charge is 2.22. The molecule has 1 aliphatic heterocycles. The Morgan fingerprint density at radius 2 is 2.09 bits per heavy atom. The van der Waals surface area contributed by atoms with Crippen LogP contribution in [0.15, 0.2) is 30.3 Å². The molecule has 3 amide bonds. The van der Waals surface area contributed by atoms with Crippen molar-refractivity contribution in [3.05, 3.63) is 30.3 Å². The Bertz CT molecular complexity index is 688. The second-order valence-electron chi connectivity index (χ2n) is 5.23. The maximum Gasteiger partial charge on any atom is 0.321 e. The molecular weight excluding hydrogens is 314 g/mol. The number of benzene rings is 1. The van der Waals surface area contributed by atoms with E-state index < -0.39 is 12.1 Å². The Hall–Kier alpha value is -2.48. The molecule has 0 aliphatic carbocycles. The summed E-state index contributed by atoms with van der Waals surface area (Å²) in [6, 6.07) is 8.59. The van der Waals surface area contributed by atoms with Crippen LogP contribution in [0.5, 0.6) is 0 Å². The lowest BCUT2D eigenvalue weighted by Crippen LogP contribution is -2.46. The number of amides is 3. The Balaban J connectivity index is 1.60. The van der Waals surface area contributed by atoms with Crippen molar-refractivity contribution < 1.29 is 9.59 Å². The third-order valence-electron chi connectivity index (χ3n) is 3.52. The van der Waals surface area contributed by atoms with E-state index in [-0.39, 0.29) is 5.91 Å². The van der Waals surface area contributed by atoms with Gasteiger partial charge in [0.05, 0.1) is 0 Å². The summed E-state index contributed by atoms with van der Waals surface area (Å²) in [7, 11) is 0. The molecule has 2 heterocycles. The van der Waals surface area contributed by atoms with Gasteiger partial charge in [-0.05, 0) is 19.3 Å². The van der Waals surface area contributed by atoms with Crippen molar-refractivity contribution in [2.75, 3.05) is 11.9 Å². The van der Waals surface area contributed by atoms with Crippen LogP contribution in [0.4, 0.5) is 9.93 Å². The first kappa shape index (κ1) is 15.4. The van der Waals surface area contributed by atoms with Crippen molar-refractivity contribution in [1.82, 2.24) is 20.0 Å². The van der Waals surface area contributed by atoms with Gasteiger partial charge in [-0.15, -0.1) is 0 Å². The van der Waals surface area contributed by atoms with Crippen molar-refractivity contribution in [1.29, 1.82) is 0 Å². The van der Waals surface area contributed by atoms with Gasteiger partial charge in [-0.3, -0.25) is 10.1 Å². The van der Waals surface area contributed by atoms with E-state index in [9.17, 15) is 9.59 Å². The number of hydrogen-bond acceptors (Lipinski definition) is 5. The molecule has 23 heavy (non-hydrogen) atoms. The van der Waals surface area contributed by atoms with Crippen molar-refractivity contribution in [2.45, 2.75) is 25.3 Å². The van der Waals surface area contributed by atoms with Crippen LogP contribution >= 0.6 is 11.5 Å². The van der Waals surface area contributed by atoms with E-state index in [0.29, 0.717) is 23.9 Å². The van der Waals surface area contributed by atoms with E-state index in [4.69, 9.17) is 0 Å². The van der Waals surface area contributed by atoms with E-state index in [1.165, 1.54) is 0 Å². The lowest BCUT2D eigenvalue weighted by atomic mass is 10.1. The Labute approximate surface area is 137 Å². The molecule has 120 valence electrons. The zero-order valence-electron chi connectivity index (χ0n) is 12.4. The van der Waals surface area contributed by atoms with Gasteiger partial charge >= 0.3 is 6.03 Å². The van der Waals surface area contributed by atoms with Gasteiger partial charge in [0.2, 0.25) is 11.0 Å². The quantitative estimate of drug-likeness (QED) is 0.801. The summed E-state index contributed by atoms with van der Waals surface area (Å²) in [6.07, 6.45) is 2.48. The van der Waals surface area contributed by atoms with Gasteiger partial charge in [0, 0.05) is 23.6 Å². The summed E-state index contributed by atoms with van der Waals surface area (Å²) in [5.41, 5.74) is 0.889. The minimum atomic E-state index is -0.501. The molecule has 0 spiro atoms. The van der Waals surface area contributed by atoms with Crippen LogP contribution in [0.1, 0.15) is 19.3 Å². The van der Waals surface area contributed by atoms with E-state index in [0.717, 1.165) is 29.9 Å². The van der Waals surface area contributed by atoms with E-state index in [1.807, 2.05) is 30.3 Å². The van der Waals surface area contributed by atoms with Gasteiger partial charge in [0.25, 0.3) is 0 Å². The summed E-state index contributed by atoms with van der Waals surface area (Å²) in [5.74, 6) is 0.429. The Kier molecular flexibility index (Phi) is 4.82. The number of anilines is 1. The molecule has 0 bridgehead atoms. The number of aromatic nitrogens is 2. The highest BCUT2D eigenvalue weighted by Crippen LogP contribution is 2.20.